The molecule has 1 saturated carbocycles. The van der Waals surface area contributed by atoms with Gasteiger partial charge in [0.2, 0.25) is 5.91 Å². The van der Waals surface area contributed by atoms with Gasteiger partial charge in [-0.15, -0.1) is 0 Å². The fourth-order valence-electron chi connectivity index (χ4n) is 2.69. The number of nitrogens with one attached hydrogen (secondary N) is 2. The Balaban J connectivity index is 1.78. The summed E-state index contributed by atoms with van der Waals surface area (Å²) in [5, 5.41) is 14.8. The molecule has 0 aliphatic heterocycles. The Morgan fingerprint density at radius 3 is 2.86 bits per heavy atom. The molecule has 22 heavy (non-hydrogen) atoms. The topological polar surface area (TPSA) is 99.5 Å². The van der Waals surface area contributed by atoms with Crippen molar-refractivity contribution in [2.45, 2.75) is 33.1 Å². The molecule has 1 fully saturated rings. The second-order valence-electron chi connectivity index (χ2n) is 6.19. The van der Waals surface area contributed by atoms with Crippen molar-refractivity contribution in [2.24, 2.45) is 5.41 Å². The molecule has 2 heterocycles. The van der Waals surface area contributed by atoms with Crippen LogP contribution in [0.5, 0.6) is 0 Å². The summed E-state index contributed by atoms with van der Waals surface area (Å²) in [5.41, 5.74) is 2.61. The number of amides is 1. The van der Waals surface area contributed by atoms with E-state index >= 15 is 0 Å². The number of aliphatic hydroxyl groups is 1. The summed E-state index contributed by atoms with van der Waals surface area (Å²) in [6.07, 6.45) is 2.13. The number of aryl methyl sites for hydroxylation is 2. The molecule has 0 bridgehead atoms. The SMILES string of the molecule is Cc1nc2cc(=O)[nH]n2c(C)c1CC(=O)NCC1(CO)CC1. The van der Waals surface area contributed by atoms with E-state index in [0.717, 1.165) is 29.8 Å². The van der Waals surface area contributed by atoms with Crippen LogP contribution in [0.3, 0.4) is 0 Å². The van der Waals surface area contributed by atoms with Crippen LogP contribution < -0.4 is 10.9 Å². The van der Waals surface area contributed by atoms with Gasteiger partial charge in [0.25, 0.3) is 5.56 Å². The zero-order valence-corrected chi connectivity index (χ0v) is 12.8. The summed E-state index contributed by atoms with van der Waals surface area (Å²) in [6, 6.07) is 1.43. The molecule has 0 saturated heterocycles. The number of H-pyrrole nitrogens is 1. The first kappa shape index (κ1) is 14.8. The second-order valence-corrected chi connectivity index (χ2v) is 6.19. The van der Waals surface area contributed by atoms with Gasteiger partial charge in [0.05, 0.1) is 13.0 Å². The van der Waals surface area contributed by atoms with Crippen LogP contribution in [-0.2, 0) is 11.2 Å². The summed E-state index contributed by atoms with van der Waals surface area (Å²) < 4.78 is 1.61. The number of carbonyl (C=O) groups excluding carboxylic acids is 1. The van der Waals surface area contributed by atoms with Crippen molar-refractivity contribution in [3.8, 4) is 0 Å². The zero-order valence-electron chi connectivity index (χ0n) is 12.8. The van der Waals surface area contributed by atoms with E-state index < -0.39 is 0 Å². The molecule has 0 unspecified atom stereocenters. The van der Waals surface area contributed by atoms with Crippen molar-refractivity contribution in [1.82, 2.24) is 19.9 Å². The van der Waals surface area contributed by atoms with Crippen molar-refractivity contribution in [3.63, 3.8) is 0 Å². The molecule has 3 rings (SSSR count). The van der Waals surface area contributed by atoms with Gasteiger partial charge in [-0.05, 0) is 26.7 Å². The first-order valence-corrected chi connectivity index (χ1v) is 7.39. The van der Waals surface area contributed by atoms with Crippen LogP contribution in [0.1, 0.15) is 29.8 Å². The van der Waals surface area contributed by atoms with E-state index in [1.165, 1.54) is 6.07 Å². The lowest BCUT2D eigenvalue weighted by molar-refractivity contribution is -0.120. The Labute approximate surface area is 127 Å². The highest BCUT2D eigenvalue weighted by molar-refractivity contribution is 5.79. The maximum absolute atomic E-state index is 12.1. The Kier molecular flexibility index (Phi) is 3.52. The monoisotopic (exact) mass is 304 g/mol. The highest BCUT2D eigenvalue weighted by atomic mass is 16.3. The van der Waals surface area contributed by atoms with Crippen LogP contribution in [0, 0.1) is 19.3 Å². The molecular formula is C15H20N4O3. The number of aromatic nitrogens is 3. The van der Waals surface area contributed by atoms with E-state index in [2.05, 4.69) is 15.4 Å². The number of aliphatic hydroxyl groups excluding tert-OH is 1. The van der Waals surface area contributed by atoms with Crippen molar-refractivity contribution in [3.05, 3.63) is 33.4 Å². The van der Waals surface area contributed by atoms with Crippen molar-refractivity contribution < 1.29 is 9.90 Å². The van der Waals surface area contributed by atoms with Crippen LogP contribution in [0.4, 0.5) is 0 Å². The molecule has 2 aromatic rings. The van der Waals surface area contributed by atoms with Crippen molar-refractivity contribution in [1.29, 1.82) is 0 Å². The molecule has 0 aromatic carbocycles. The van der Waals surface area contributed by atoms with E-state index in [-0.39, 0.29) is 29.9 Å². The minimum atomic E-state index is -0.213. The van der Waals surface area contributed by atoms with Crippen LogP contribution in [-0.4, -0.2) is 38.8 Å². The number of hydrogen-bond donors (Lipinski definition) is 3. The van der Waals surface area contributed by atoms with Gasteiger partial charge in [0.15, 0.2) is 5.65 Å². The third-order valence-electron chi connectivity index (χ3n) is 4.49. The molecule has 0 radical (unpaired) electrons. The molecule has 0 atom stereocenters. The number of hydrogen-bond acceptors (Lipinski definition) is 4. The van der Waals surface area contributed by atoms with Gasteiger partial charge in [-0.3, -0.25) is 14.7 Å². The van der Waals surface area contributed by atoms with Crippen LogP contribution in [0.25, 0.3) is 5.65 Å². The van der Waals surface area contributed by atoms with Crippen molar-refractivity contribution in [2.75, 3.05) is 13.2 Å². The summed E-state index contributed by atoms with van der Waals surface area (Å²) in [5.74, 6) is -0.0958. The van der Waals surface area contributed by atoms with E-state index in [0.29, 0.717) is 12.2 Å². The van der Waals surface area contributed by atoms with Gasteiger partial charge in [-0.25, -0.2) is 9.50 Å². The molecular weight excluding hydrogens is 284 g/mol. The molecule has 7 nitrogen and oxygen atoms in total. The van der Waals surface area contributed by atoms with Gasteiger partial charge in [0, 0.05) is 35.0 Å². The molecule has 0 spiro atoms. The van der Waals surface area contributed by atoms with E-state index in [1.807, 2.05) is 13.8 Å². The van der Waals surface area contributed by atoms with Gasteiger partial charge in [0.1, 0.15) is 0 Å². The molecule has 7 heteroatoms. The number of rotatable bonds is 5. The number of fused-ring (bicyclic) bond motifs is 1. The molecule has 2 aromatic heterocycles. The minimum Gasteiger partial charge on any atom is -0.396 e. The molecule has 1 aliphatic carbocycles. The number of nitrogens with zero attached hydrogens (tertiary/aromatic N) is 2. The fourth-order valence-corrected chi connectivity index (χ4v) is 2.69. The Morgan fingerprint density at radius 2 is 2.23 bits per heavy atom. The number of carbonyl (C=O) groups is 1. The summed E-state index contributed by atoms with van der Waals surface area (Å²) in [7, 11) is 0. The fraction of sp³-hybridized carbons (Fsp3) is 0.533. The lowest BCUT2D eigenvalue weighted by atomic mass is 10.1. The quantitative estimate of drug-likeness (QED) is 0.728. The smallest absolute Gasteiger partial charge is 0.266 e. The highest BCUT2D eigenvalue weighted by Crippen LogP contribution is 2.44. The lowest BCUT2D eigenvalue weighted by Crippen LogP contribution is -2.33. The Hall–Kier alpha value is -2.15. The summed E-state index contributed by atoms with van der Waals surface area (Å²) in [6.45, 7) is 4.32. The van der Waals surface area contributed by atoms with Crippen LogP contribution in [0.15, 0.2) is 10.9 Å². The standard InChI is InChI=1S/C15H20N4O3/c1-9-11(5-13(21)16-7-15(8-20)3-4-15)10(2)19-12(17-9)6-14(22)18-19/h6,20H,3-5,7-8H2,1-2H3,(H,16,21)(H,18,22). The Morgan fingerprint density at radius 1 is 1.50 bits per heavy atom. The first-order valence-electron chi connectivity index (χ1n) is 7.39. The minimum absolute atomic E-state index is 0.0958. The molecule has 1 aliphatic rings. The predicted octanol–water partition coefficient (Wildman–Crippen LogP) is 0.0706. The van der Waals surface area contributed by atoms with E-state index in [1.54, 1.807) is 4.52 Å². The normalized spacial score (nSPS) is 16.0. The second kappa shape index (κ2) is 5.24. The van der Waals surface area contributed by atoms with Gasteiger partial charge in [-0.1, -0.05) is 0 Å². The third kappa shape index (κ3) is 2.64. The maximum Gasteiger partial charge on any atom is 0.266 e. The average Bonchev–Trinajstić information content (AvgIpc) is 3.17. The lowest BCUT2D eigenvalue weighted by Gasteiger charge is -2.14. The van der Waals surface area contributed by atoms with E-state index in [9.17, 15) is 14.7 Å². The molecule has 3 N–H and O–H groups in total. The summed E-state index contributed by atoms with van der Waals surface area (Å²) in [4.78, 5) is 27.9. The van der Waals surface area contributed by atoms with Crippen LogP contribution >= 0.6 is 0 Å². The molecule has 1 amide bonds. The zero-order chi connectivity index (χ0) is 15.9. The predicted molar refractivity (Wildman–Crippen MR) is 80.8 cm³/mol. The molecule has 118 valence electrons. The van der Waals surface area contributed by atoms with Crippen LogP contribution in [0.2, 0.25) is 0 Å². The average molecular weight is 304 g/mol. The highest BCUT2D eigenvalue weighted by Gasteiger charge is 2.42. The van der Waals surface area contributed by atoms with Gasteiger partial charge >= 0.3 is 0 Å². The third-order valence-corrected chi connectivity index (χ3v) is 4.49. The first-order chi connectivity index (χ1) is 10.4. The Bertz CT molecular complexity index is 786. The summed E-state index contributed by atoms with van der Waals surface area (Å²) >= 11 is 0. The number of aromatic amines is 1. The van der Waals surface area contributed by atoms with Gasteiger partial charge < -0.3 is 10.4 Å². The van der Waals surface area contributed by atoms with Crippen molar-refractivity contribution >= 4 is 11.6 Å². The van der Waals surface area contributed by atoms with E-state index in [4.69, 9.17) is 0 Å². The largest absolute Gasteiger partial charge is 0.396 e. The van der Waals surface area contributed by atoms with Gasteiger partial charge in [-0.2, -0.15) is 0 Å². The maximum atomic E-state index is 12.1.